The van der Waals surface area contributed by atoms with Gasteiger partial charge in [-0.2, -0.15) is 0 Å². The van der Waals surface area contributed by atoms with Crippen LogP contribution in [0.1, 0.15) is 47.8 Å². The topological polar surface area (TPSA) is 64.3 Å². The van der Waals surface area contributed by atoms with Crippen LogP contribution in [0.2, 0.25) is 5.02 Å². The molecule has 1 heterocycles. The molecule has 25 heavy (non-hydrogen) atoms. The summed E-state index contributed by atoms with van der Waals surface area (Å²) in [6.07, 6.45) is 0.668. The molecule has 0 aromatic heterocycles. The maximum absolute atomic E-state index is 12.7. The molecular weight excluding hydrogens is 359 g/mol. The fourth-order valence-corrected chi connectivity index (χ4v) is 3.35. The Labute approximate surface area is 159 Å². The third-order valence-electron chi connectivity index (χ3n) is 4.23. The van der Waals surface area contributed by atoms with Gasteiger partial charge < -0.3 is 15.8 Å². The van der Waals surface area contributed by atoms with Crippen LogP contribution >= 0.6 is 24.0 Å². The lowest BCUT2D eigenvalue weighted by atomic mass is 9.89. The molecule has 2 aromatic rings. The van der Waals surface area contributed by atoms with Gasteiger partial charge in [0.25, 0.3) is 5.91 Å². The van der Waals surface area contributed by atoms with Crippen LogP contribution in [0.4, 0.5) is 5.69 Å². The zero-order chi connectivity index (χ0) is 17.5. The zero-order valence-electron chi connectivity index (χ0n) is 14.4. The number of carbonyl (C=O) groups is 1. The van der Waals surface area contributed by atoms with Gasteiger partial charge in [0, 0.05) is 28.3 Å². The summed E-state index contributed by atoms with van der Waals surface area (Å²) in [5.74, 6) is 0.638. The Kier molecular flexibility index (Phi) is 5.55. The van der Waals surface area contributed by atoms with Gasteiger partial charge in [0.1, 0.15) is 11.4 Å². The summed E-state index contributed by atoms with van der Waals surface area (Å²) in [5, 5.41) is 3.74. The first kappa shape index (κ1) is 19.4. The maximum atomic E-state index is 12.7. The second kappa shape index (κ2) is 7.14. The third kappa shape index (κ3) is 4.20. The fourth-order valence-electron chi connectivity index (χ4n) is 3.12. The highest BCUT2D eigenvalue weighted by atomic mass is 35.5. The predicted octanol–water partition coefficient (Wildman–Crippen LogP) is 4.68. The number of nitrogens with two attached hydrogens (primary N) is 1. The van der Waals surface area contributed by atoms with Crippen molar-refractivity contribution in [2.75, 3.05) is 5.73 Å². The molecule has 0 bridgehead atoms. The van der Waals surface area contributed by atoms with Crippen LogP contribution in [0.25, 0.3) is 0 Å². The summed E-state index contributed by atoms with van der Waals surface area (Å²) in [6, 6.07) is 10.6. The Hall–Kier alpha value is -1.91. The number of hydrogen-bond acceptors (Lipinski definition) is 3. The summed E-state index contributed by atoms with van der Waals surface area (Å²) in [7, 11) is 0. The Morgan fingerprint density at radius 3 is 2.68 bits per heavy atom. The van der Waals surface area contributed by atoms with E-state index in [4.69, 9.17) is 22.1 Å². The molecule has 0 saturated carbocycles. The van der Waals surface area contributed by atoms with Gasteiger partial charge in [-0.25, -0.2) is 0 Å². The molecule has 1 unspecified atom stereocenters. The van der Waals surface area contributed by atoms with Crippen molar-refractivity contribution in [2.45, 2.75) is 38.8 Å². The van der Waals surface area contributed by atoms with E-state index in [1.807, 2.05) is 39.0 Å². The first-order valence-electron chi connectivity index (χ1n) is 7.91. The van der Waals surface area contributed by atoms with Gasteiger partial charge in [-0.3, -0.25) is 4.79 Å². The van der Waals surface area contributed by atoms with Crippen molar-refractivity contribution in [3.63, 3.8) is 0 Å². The average Bonchev–Trinajstić information content (AvgIpc) is 2.47. The van der Waals surface area contributed by atoms with Crippen molar-refractivity contribution < 1.29 is 9.53 Å². The van der Waals surface area contributed by atoms with Gasteiger partial charge in [0.05, 0.1) is 6.04 Å². The summed E-state index contributed by atoms with van der Waals surface area (Å²) in [5.41, 5.74) is 8.58. The molecular formula is C19H22Cl2N2O2. The molecule has 1 aliphatic heterocycles. The van der Waals surface area contributed by atoms with Crippen molar-refractivity contribution in [2.24, 2.45) is 0 Å². The molecule has 0 saturated heterocycles. The summed E-state index contributed by atoms with van der Waals surface area (Å²) >= 11 is 5.97. The Morgan fingerprint density at radius 2 is 2.00 bits per heavy atom. The largest absolute Gasteiger partial charge is 0.487 e. The van der Waals surface area contributed by atoms with Gasteiger partial charge >= 0.3 is 0 Å². The normalized spacial score (nSPS) is 17.7. The maximum Gasteiger partial charge on any atom is 0.252 e. The van der Waals surface area contributed by atoms with Crippen molar-refractivity contribution in [1.82, 2.24) is 5.32 Å². The number of fused-ring (bicyclic) bond motifs is 1. The van der Waals surface area contributed by atoms with E-state index < -0.39 is 0 Å². The number of carbonyl (C=O) groups excluding carboxylic acids is 1. The van der Waals surface area contributed by atoms with Crippen LogP contribution < -0.4 is 15.8 Å². The van der Waals surface area contributed by atoms with E-state index in [0.29, 0.717) is 22.7 Å². The van der Waals surface area contributed by atoms with Crippen LogP contribution in [0.15, 0.2) is 36.4 Å². The monoisotopic (exact) mass is 380 g/mol. The summed E-state index contributed by atoms with van der Waals surface area (Å²) in [6.45, 7) is 5.90. The molecule has 0 spiro atoms. The Balaban J connectivity index is 0.00000225. The number of nitrogens with one attached hydrogen (secondary N) is 1. The van der Waals surface area contributed by atoms with Crippen LogP contribution in [0, 0.1) is 6.92 Å². The van der Waals surface area contributed by atoms with Gasteiger partial charge in [-0.15, -0.1) is 12.4 Å². The van der Waals surface area contributed by atoms with Crippen LogP contribution in [0.5, 0.6) is 5.75 Å². The minimum Gasteiger partial charge on any atom is -0.487 e. The molecule has 4 nitrogen and oxygen atoms in total. The number of halogens is 2. The zero-order valence-corrected chi connectivity index (χ0v) is 16.0. The molecule has 0 aliphatic carbocycles. The number of rotatable bonds is 2. The SMILES string of the molecule is Cc1cc(Cl)ccc1C(=O)NC1CC(C)(C)Oc2ccc(N)cc21.Cl. The number of ether oxygens (including phenoxy) is 1. The minimum atomic E-state index is -0.365. The lowest BCUT2D eigenvalue weighted by Gasteiger charge is -2.38. The highest BCUT2D eigenvalue weighted by molar-refractivity contribution is 6.30. The molecule has 2 aromatic carbocycles. The molecule has 1 atom stereocenters. The van der Waals surface area contributed by atoms with Crippen LogP contribution in [0.3, 0.4) is 0 Å². The standard InChI is InChI=1S/C19H21ClN2O2.ClH/c1-11-8-12(20)4-6-14(11)18(23)22-16-10-19(2,3)24-17-7-5-13(21)9-15(16)17;/h4-9,16H,10,21H2,1-3H3,(H,22,23);1H. The number of amides is 1. The van der Waals surface area contributed by atoms with E-state index in [2.05, 4.69) is 5.32 Å². The van der Waals surface area contributed by atoms with E-state index in [-0.39, 0.29) is 30.0 Å². The van der Waals surface area contributed by atoms with Crippen molar-refractivity contribution in [3.8, 4) is 5.75 Å². The quantitative estimate of drug-likeness (QED) is 0.742. The van der Waals surface area contributed by atoms with Gasteiger partial charge in [0.15, 0.2) is 0 Å². The smallest absolute Gasteiger partial charge is 0.252 e. The van der Waals surface area contributed by atoms with Gasteiger partial charge in [-0.05, 0) is 62.7 Å². The van der Waals surface area contributed by atoms with Gasteiger partial charge in [-0.1, -0.05) is 11.6 Å². The van der Waals surface area contributed by atoms with Crippen molar-refractivity contribution >= 4 is 35.6 Å². The van der Waals surface area contributed by atoms with E-state index in [0.717, 1.165) is 16.9 Å². The molecule has 6 heteroatoms. The lowest BCUT2D eigenvalue weighted by Crippen LogP contribution is -2.41. The summed E-state index contributed by atoms with van der Waals surface area (Å²) in [4.78, 5) is 12.7. The third-order valence-corrected chi connectivity index (χ3v) is 4.46. The van der Waals surface area contributed by atoms with Crippen LogP contribution in [-0.2, 0) is 0 Å². The van der Waals surface area contributed by atoms with E-state index in [1.165, 1.54) is 0 Å². The van der Waals surface area contributed by atoms with Crippen molar-refractivity contribution in [3.05, 3.63) is 58.1 Å². The number of aryl methyl sites for hydroxylation is 1. The molecule has 0 fully saturated rings. The van der Waals surface area contributed by atoms with Crippen LogP contribution in [-0.4, -0.2) is 11.5 Å². The van der Waals surface area contributed by atoms with E-state index in [9.17, 15) is 4.79 Å². The van der Waals surface area contributed by atoms with E-state index in [1.54, 1.807) is 18.2 Å². The Morgan fingerprint density at radius 1 is 1.28 bits per heavy atom. The number of benzene rings is 2. The molecule has 3 N–H and O–H groups in total. The number of anilines is 1. The number of hydrogen-bond donors (Lipinski definition) is 2. The minimum absolute atomic E-state index is 0. The predicted molar refractivity (Wildman–Crippen MR) is 104 cm³/mol. The second-order valence-corrected chi connectivity index (χ2v) is 7.28. The van der Waals surface area contributed by atoms with E-state index >= 15 is 0 Å². The average molecular weight is 381 g/mol. The Bertz CT molecular complexity index is 806. The second-order valence-electron chi connectivity index (χ2n) is 6.85. The van der Waals surface area contributed by atoms with Crippen molar-refractivity contribution in [1.29, 1.82) is 0 Å². The summed E-state index contributed by atoms with van der Waals surface area (Å²) < 4.78 is 6.01. The highest BCUT2D eigenvalue weighted by Crippen LogP contribution is 2.40. The molecule has 1 amide bonds. The molecule has 3 rings (SSSR count). The lowest BCUT2D eigenvalue weighted by molar-refractivity contribution is 0.0620. The molecule has 1 aliphatic rings. The number of nitrogen functional groups attached to an aromatic ring is 1. The molecule has 0 radical (unpaired) electrons. The first-order valence-corrected chi connectivity index (χ1v) is 8.28. The molecule has 134 valence electrons. The highest BCUT2D eigenvalue weighted by Gasteiger charge is 2.34. The van der Waals surface area contributed by atoms with Gasteiger partial charge in [0.2, 0.25) is 0 Å². The first-order chi connectivity index (χ1) is 11.2. The fraction of sp³-hybridized carbons (Fsp3) is 0.316.